The van der Waals surface area contributed by atoms with Crippen molar-refractivity contribution in [3.05, 3.63) is 11.8 Å². The van der Waals surface area contributed by atoms with Crippen molar-refractivity contribution in [3.63, 3.8) is 0 Å². The van der Waals surface area contributed by atoms with Gasteiger partial charge in [-0.15, -0.1) is 0 Å². The molecule has 1 aliphatic carbocycles. The van der Waals surface area contributed by atoms with Crippen LogP contribution in [0.1, 0.15) is 84.5 Å². The summed E-state index contributed by atoms with van der Waals surface area (Å²) in [6, 6.07) is 0. The van der Waals surface area contributed by atoms with E-state index in [1.54, 1.807) is 0 Å². The minimum absolute atomic E-state index is 0.172. The lowest BCUT2D eigenvalue weighted by molar-refractivity contribution is -0.160. The van der Waals surface area contributed by atoms with Crippen LogP contribution in [0, 0.1) is 5.41 Å². The van der Waals surface area contributed by atoms with Gasteiger partial charge in [0.25, 0.3) is 0 Å². The molecular weight excluding hydrogens is 335 g/mol. The topological polar surface area (TPSA) is 44.8 Å². The third-order valence-corrected chi connectivity index (χ3v) is 6.35. The Kier molecular flexibility index (Phi) is 6.26. The number of alkyl halides is 1. The second kappa shape index (κ2) is 8.28. The van der Waals surface area contributed by atoms with Gasteiger partial charge in [0.15, 0.2) is 6.29 Å². The standard InChI is InChI=1S/C21H33FO4/c1-3-4-8-16(22)10-11-17(25-19-9-5-6-14-24-19)21-13-7-12-20(21,2)26-18(23)15-21/h11,16,19H,3-10,12-15H2,1-2H3/t16-,19?,20?,21?/m1/s1. The van der Waals surface area contributed by atoms with Crippen LogP contribution in [0.3, 0.4) is 0 Å². The molecule has 0 radical (unpaired) electrons. The van der Waals surface area contributed by atoms with Crippen molar-refractivity contribution in [2.75, 3.05) is 6.61 Å². The summed E-state index contributed by atoms with van der Waals surface area (Å²) in [6.45, 7) is 4.77. The first kappa shape index (κ1) is 19.7. The van der Waals surface area contributed by atoms with Gasteiger partial charge in [0, 0.05) is 12.8 Å². The number of halogens is 1. The average molecular weight is 368 g/mol. The van der Waals surface area contributed by atoms with Crippen molar-refractivity contribution in [2.45, 2.75) is 103 Å². The quantitative estimate of drug-likeness (QED) is 0.436. The number of carbonyl (C=O) groups is 1. The van der Waals surface area contributed by atoms with Crippen LogP contribution in [0.4, 0.5) is 4.39 Å². The molecule has 1 saturated carbocycles. The van der Waals surface area contributed by atoms with Gasteiger partial charge >= 0.3 is 5.97 Å². The van der Waals surface area contributed by atoms with Gasteiger partial charge in [-0.05, 0) is 51.5 Å². The summed E-state index contributed by atoms with van der Waals surface area (Å²) in [4.78, 5) is 12.1. The number of hydrogen-bond donors (Lipinski definition) is 0. The SMILES string of the molecule is CCCC[C@@H](F)CC=C(OC1CCCCO1)C12CCCC1(C)OC(=O)C2. The van der Waals surface area contributed by atoms with E-state index in [2.05, 4.69) is 6.92 Å². The Balaban J connectivity index is 1.81. The van der Waals surface area contributed by atoms with Gasteiger partial charge in [0.1, 0.15) is 17.5 Å². The zero-order chi connectivity index (χ0) is 18.6. The highest BCUT2D eigenvalue weighted by Gasteiger charge is 2.63. The highest BCUT2D eigenvalue weighted by molar-refractivity contribution is 5.75. The van der Waals surface area contributed by atoms with Gasteiger partial charge in [0.05, 0.1) is 18.4 Å². The summed E-state index contributed by atoms with van der Waals surface area (Å²) in [7, 11) is 0. The van der Waals surface area contributed by atoms with Gasteiger partial charge in [-0.2, -0.15) is 0 Å². The molecule has 0 aromatic carbocycles. The molecule has 26 heavy (non-hydrogen) atoms. The highest BCUT2D eigenvalue weighted by atomic mass is 19.1. The number of esters is 1. The molecule has 0 aromatic heterocycles. The normalized spacial score (nSPS) is 35.9. The van der Waals surface area contributed by atoms with Crippen LogP contribution in [-0.4, -0.2) is 30.6 Å². The number of ether oxygens (including phenoxy) is 3. The summed E-state index contributed by atoms with van der Waals surface area (Å²) in [6.07, 6.45) is 9.47. The fourth-order valence-electron chi connectivity index (χ4n) is 4.74. The summed E-state index contributed by atoms with van der Waals surface area (Å²) < 4.78 is 32.1. The third-order valence-electron chi connectivity index (χ3n) is 6.35. The molecule has 0 N–H and O–H groups in total. The fraction of sp³-hybridized carbons (Fsp3) is 0.857. The van der Waals surface area contributed by atoms with Crippen LogP contribution >= 0.6 is 0 Å². The van der Waals surface area contributed by atoms with Crippen molar-refractivity contribution >= 4 is 5.97 Å². The van der Waals surface area contributed by atoms with E-state index in [-0.39, 0.29) is 12.3 Å². The molecular formula is C21H33FO4. The number of hydrogen-bond acceptors (Lipinski definition) is 4. The first-order valence-electron chi connectivity index (χ1n) is 10.3. The molecule has 5 heteroatoms. The first-order valence-corrected chi connectivity index (χ1v) is 10.3. The van der Waals surface area contributed by atoms with Gasteiger partial charge in [-0.1, -0.05) is 19.8 Å². The predicted octanol–water partition coefficient (Wildman–Crippen LogP) is 5.21. The molecule has 3 unspecified atom stereocenters. The van der Waals surface area contributed by atoms with E-state index in [0.717, 1.165) is 57.1 Å². The summed E-state index contributed by atoms with van der Waals surface area (Å²) in [5.74, 6) is 0.559. The van der Waals surface area contributed by atoms with Crippen LogP contribution in [-0.2, 0) is 19.0 Å². The maximum atomic E-state index is 14.3. The van der Waals surface area contributed by atoms with Crippen molar-refractivity contribution < 1.29 is 23.4 Å². The smallest absolute Gasteiger partial charge is 0.307 e. The monoisotopic (exact) mass is 368 g/mol. The van der Waals surface area contributed by atoms with Crippen LogP contribution in [0.15, 0.2) is 11.8 Å². The largest absolute Gasteiger partial charge is 0.469 e. The Hall–Kier alpha value is -1.10. The van der Waals surface area contributed by atoms with Gasteiger partial charge in [-0.25, -0.2) is 4.39 Å². The maximum Gasteiger partial charge on any atom is 0.307 e. The molecule has 148 valence electrons. The zero-order valence-corrected chi connectivity index (χ0v) is 16.2. The number of carbonyl (C=O) groups excluding carboxylic acids is 1. The zero-order valence-electron chi connectivity index (χ0n) is 16.2. The Bertz CT molecular complexity index is 528. The Morgan fingerprint density at radius 1 is 1.38 bits per heavy atom. The molecule has 4 nitrogen and oxygen atoms in total. The van der Waals surface area contributed by atoms with Gasteiger partial charge in [0.2, 0.25) is 0 Å². The molecule has 2 heterocycles. The van der Waals surface area contributed by atoms with Crippen molar-refractivity contribution in [1.29, 1.82) is 0 Å². The molecule has 0 aromatic rings. The number of fused-ring (bicyclic) bond motifs is 1. The van der Waals surface area contributed by atoms with Crippen LogP contribution in [0.25, 0.3) is 0 Å². The average Bonchev–Trinajstić information content (AvgIpc) is 3.06. The predicted molar refractivity (Wildman–Crippen MR) is 97.2 cm³/mol. The van der Waals surface area contributed by atoms with E-state index in [0.29, 0.717) is 25.9 Å². The van der Waals surface area contributed by atoms with E-state index < -0.39 is 17.2 Å². The van der Waals surface area contributed by atoms with Crippen LogP contribution in [0.5, 0.6) is 0 Å². The van der Waals surface area contributed by atoms with Crippen molar-refractivity contribution in [1.82, 2.24) is 0 Å². The van der Waals surface area contributed by atoms with Crippen molar-refractivity contribution in [3.8, 4) is 0 Å². The summed E-state index contributed by atoms with van der Waals surface area (Å²) in [5, 5.41) is 0. The molecule has 0 bridgehead atoms. The fourth-order valence-corrected chi connectivity index (χ4v) is 4.74. The number of allylic oxidation sites excluding steroid dienone is 1. The van der Waals surface area contributed by atoms with E-state index in [4.69, 9.17) is 14.2 Å². The maximum absolute atomic E-state index is 14.3. The second-order valence-electron chi connectivity index (χ2n) is 8.27. The Labute approximate surface area is 156 Å². The van der Waals surface area contributed by atoms with Crippen LogP contribution in [0.2, 0.25) is 0 Å². The van der Waals surface area contributed by atoms with E-state index in [1.165, 1.54) is 0 Å². The van der Waals surface area contributed by atoms with Gasteiger partial charge < -0.3 is 14.2 Å². The minimum atomic E-state index is -0.872. The lowest BCUT2D eigenvalue weighted by Gasteiger charge is -2.38. The Morgan fingerprint density at radius 3 is 2.96 bits per heavy atom. The molecule has 2 aliphatic heterocycles. The minimum Gasteiger partial charge on any atom is -0.469 e. The molecule has 0 amide bonds. The number of unbranched alkanes of at least 4 members (excludes halogenated alkanes) is 1. The van der Waals surface area contributed by atoms with Gasteiger partial charge in [-0.3, -0.25) is 4.79 Å². The number of rotatable bonds is 8. The molecule has 2 saturated heterocycles. The summed E-state index contributed by atoms with van der Waals surface area (Å²) in [5.41, 5.74) is -1.00. The first-order chi connectivity index (χ1) is 12.5. The molecule has 3 fully saturated rings. The lowest BCUT2D eigenvalue weighted by atomic mass is 9.72. The van der Waals surface area contributed by atoms with Crippen molar-refractivity contribution in [2.24, 2.45) is 5.41 Å². The Morgan fingerprint density at radius 2 is 2.23 bits per heavy atom. The lowest BCUT2D eigenvalue weighted by Crippen LogP contribution is -2.41. The molecule has 4 atom stereocenters. The molecule has 0 spiro atoms. The van der Waals surface area contributed by atoms with Crippen LogP contribution < -0.4 is 0 Å². The highest BCUT2D eigenvalue weighted by Crippen LogP contribution is 2.60. The second-order valence-corrected chi connectivity index (χ2v) is 8.27. The van der Waals surface area contributed by atoms with E-state index in [9.17, 15) is 9.18 Å². The van der Waals surface area contributed by atoms with E-state index >= 15 is 0 Å². The van der Waals surface area contributed by atoms with E-state index in [1.807, 2.05) is 13.0 Å². The third kappa shape index (κ3) is 3.92. The molecule has 3 rings (SSSR count). The molecule has 3 aliphatic rings. The summed E-state index contributed by atoms with van der Waals surface area (Å²) >= 11 is 0.